The van der Waals surface area contributed by atoms with Gasteiger partial charge in [-0.15, -0.1) is 11.3 Å². The van der Waals surface area contributed by atoms with E-state index >= 15 is 0 Å². The molecular weight excluding hydrogens is 406 g/mol. The minimum atomic E-state index is -0.344. The SMILES string of the molecule is CCOC(=O)Cc1csc(NC(=O)Cc2cc(-c3ccc4c(c3)CC(C)O4)on2)n1. The maximum Gasteiger partial charge on any atom is 0.311 e. The molecule has 0 saturated carbocycles. The second-order valence-electron chi connectivity index (χ2n) is 6.99. The first-order chi connectivity index (χ1) is 14.5. The van der Waals surface area contributed by atoms with Crippen LogP contribution in [0.15, 0.2) is 34.2 Å². The summed E-state index contributed by atoms with van der Waals surface area (Å²) in [6.07, 6.45) is 1.17. The molecule has 4 rings (SSSR count). The molecule has 0 spiro atoms. The summed E-state index contributed by atoms with van der Waals surface area (Å²) < 4.78 is 16.0. The quantitative estimate of drug-likeness (QED) is 0.576. The topological polar surface area (TPSA) is 104 Å². The van der Waals surface area contributed by atoms with Crippen molar-refractivity contribution in [2.75, 3.05) is 11.9 Å². The molecule has 156 valence electrons. The summed E-state index contributed by atoms with van der Waals surface area (Å²) >= 11 is 1.26. The van der Waals surface area contributed by atoms with E-state index in [1.807, 2.05) is 25.1 Å². The van der Waals surface area contributed by atoms with Crippen LogP contribution in [-0.2, 0) is 33.6 Å². The monoisotopic (exact) mass is 427 g/mol. The van der Waals surface area contributed by atoms with Crippen molar-refractivity contribution in [2.24, 2.45) is 0 Å². The number of rotatable bonds is 7. The Bertz CT molecular complexity index is 1070. The van der Waals surface area contributed by atoms with E-state index < -0.39 is 0 Å². The molecule has 1 N–H and O–H groups in total. The van der Waals surface area contributed by atoms with Crippen molar-refractivity contribution >= 4 is 28.3 Å². The molecule has 1 amide bonds. The van der Waals surface area contributed by atoms with E-state index in [2.05, 4.69) is 15.5 Å². The molecule has 8 nitrogen and oxygen atoms in total. The molecule has 2 aromatic heterocycles. The maximum absolute atomic E-state index is 12.3. The van der Waals surface area contributed by atoms with Gasteiger partial charge < -0.3 is 19.3 Å². The highest BCUT2D eigenvalue weighted by Crippen LogP contribution is 2.33. The molecule has 0 fully saturated rings. The molecule has 1 atom stereocenters. The van der Waals surface area contributed by atoms with E-state index in [-0.39, 0.29) is 30.8 Å². The van der Waals surface area contributed by atoms with Gasteiger partial charge in [-0.05, 0) is 37.6 Å². The number of ether oxygens (including phenoxy) is 2. The Kier molecular flexibility index (Phi) is 5.80. The number of nitrogens with zero attached hydrogens (tertiary/aromatic N) is 2. The van der Waals surface area contributed by atoms with Crippen molar-refractivity contribution in [3.05, 3.63) is 46.6 Å². The molecule has 3 heterocycles. The number of carbonyl (C=O) groups is 2. The van der Waals surface area contributed by atoms with Crippen LogP contribution in [0, 0.1) is 0 Å². The van der Waals surface area contributed by atoms with Gasteiger partial charge >= 0.3 is 5.97 Å². The fraction of sp³-hybridized carbons (Fsp3) is 0.333. The van der Waals surface area contributed by atoms with Crippen LogP contribution in [0.3, 0.4) is 0 Å². The number of thiazole rings is 1. The summed E-state index contributed by atoms with van der Waals surface area (Å²) in [5, 5.41) is 8.87. The van der Waals surface area contributed by atoms with Crippen molar-refractivity contribution < 1.29 is 23.6 Å². The summed E-state index contributed by atoms with van der Waals surface area (Å²) in [6, 6.07) is 7.64. The van der Waals surface area contributed by atoms with Crippen molar-refractivity contribution in [2.45, 2.75) is 39.2 Å². The lowest BCUT2D eigenvalue weighted by atomic mass is 10.1. The third-order valence-corrected chi connectivity index (χ3v) is 5.32. The molecule has 1 aliphatic rings. The van der Waals surface area contributed by atoms with Gasteiger partial charge in [0, 0.05) is 23.4 Å². The summed E-state index contributed by atoms with van der Waals surface area (Å²) in [5.74, 6) is 0.897. The lowest BCUT2D eigenvalue weighted by Crippen LogP contribution is -2.14. The highest BCUT2D eigenvalue weighted by atomic mass is 32.1. The molecule has 1 unspecified atom stereocenters. The molecule has 1 aliphatic heterocycles. The van der Waals surface area contributed by atoms with E-state index in [1.165, 1.54) is 11.3 Å². The van der Waals surface area contributed by atoms with Crippen molar-refractivity contribution in [1.29, 1.82) is 0 Å². The van der Waals surface area contributed by atoms with Gasteiger partial charge in [-0.3, -0.25) is 9.59 Å². The van der Waals surface area contributed by atoms with Crippen LogP contribution in [0.2, 0.25) is 0 Å². The fourth-order valence-electron chi connectivity index (χ4n) is 3.24. The highest BCUT2D eigenvalue weighted by molar-refractivity contribution is 7.13. The second kappa shape index (κ2) is 8.66. The maximum atomic E-state index is 12.3. The van der Waals surface area contributed by atoms with Gasteiger partial charge in [-0.25, -0.2) is 4.98 Å². The number of hydrogen-bond acceptors (Lipinski definition) is 8. The summed E-state index contributed by atoms with van der Waals surface area (Å²) in [5.41, 5.74) is 3.12. The molecule has 0 saturated heterocycles. The number of amides is 1. The van der Waals surface area contributed by atoms with Crippen molar-refractivity contribution in [3.63, 3.8) is 0 Å². The van der Waals surface area contributed by atoms with Crippen LogP contribution in [0.1, 0.15) is 30.8 Å². The van der Waals surface area contributed by atoms with Crippen molar-refractivity contribution in [3.8, 4) is 17.1 Å². The van der Waals surface area contributed by atoms with E-state index in [4.69, 9.17) is 14.0 Å². The van der Waals surface area contributed by atoms with Crippen LogP contribution >= 0.6 is 11.3 Å². The van der Waals surface area contributed by atoms with Gasteiger partial charge in [-0.1, -0.05) is 5.16 Å². The Morgan fingerprint density at radius 2 is 2.13 bits per heavy atom. The number of esters is 1. The standard InChI is InChI=1S/C21H21N3O5S/c1-3-27-20(26)10-16-11-30-21(22-16)23-19(25)9-15-8-18(29-24-15)13-4-5-17-14(7-13)6-12(2)28-17/h4-5,7-8,11-12H,3,6,9-10H2,1-2H3,(H,22,23,25). The Morgan fingerprint density at radius 1 is 1.27 bits per heavy atom. The first-order valence-corrected chi connectivity index (χ1v) is 10.5. The first kappa shape index (κ1) is 20.1. The Morgan fingerprint density at radius 3 is 2.97 bits per heavy atom. The Hall–Kier alpha value is -3.20. The predicted octanol–water partition coefficient (Wildman–Crippen LogP) is 3.41. The highest BCUT2D eigenvalue weighted by Gasteiger charge is 2.20. The van der Waals surface area contributed by atoms with Gasteiger partial charge in [0.05, 0.1) is 30.8 Å². The van der Waals surface area contributed by atoms with Gasteiger partial charge in [0.25, 0.3) is 0 Å². The molecule has 30 heavy (non-hydrogen) atoms. The smallest absolute Gasteiger partial charge is 0.311 e. The van der Waals surface area contributed by atoms with Gasteiger partial charge in [0.15, 0.2) is 10.9 Å². The van der Waals surface area contributed by atoms with Crippen LogP contribution in [0.4, 0.5) is 5.13 Å². The van der Waals surface area contributed by atoms with Crippen LogP contribution < -0.4 is 10.1 Å². The second-order valence-corrected chi connectivity index (χ2v) is 7.85. The van der Waals surface area contributed by atoms with Crippen LogP contribution in [0.5, 0.6) is 5.75 Å². The third-order valence-electron chi connectivity index (χ3n) is 4.51. The van der Waals surface area contributed by atoms with Gasteiger partial charge in [0.1, 0.15) is 11.9 Å². The molecular formula is C21H21N3O5S. The summed E-state index contributed by atoms with van der Waals surface area (Å²) in [6.45, 7) is 4.11. The molecule has 9 heteroatoms. The zero-order valence-corrected chi connectivity index (χ0v) is 17.5. The van der Waals surface area contributed by atoms with E-state index in [9.17, 15) is 9.59 Å². The number of carbonyl (C=O) groups excluding carboxylic acids is 2. The molecule has 1 aromatic carbocycles. The molecule has 3 aromatic rings. The van der Waals surface area contributed by atoms with Gasteiger partial charge in [0.2, 0.25) is 5.91 Å². The molecule has 0 radical (unpaired) electrons. The average Bonchev–Trinajstić information content (AvgIpc) is 3.41. The number of nitrogens with one attached hydrogen (secondary N) is 1. The van der Waals surface area contributed by atoms with E-state index in [0.29, 0.717) is 28.9 Å². The number of fused-ring (bicyclic) bond motifs is 1. The van der Waals surface area contributed by atoms with Crippen LogP contribution in [0.25, 0.3) is 11.3 Å². The lowest BCUT2D eigenvalue weighted by molar-refractivity contribution is -0.142. The first-order valence-electron chi connectivity index (χ1n) is 9.65. The summed E-state index contributed by atoms with van der Waals surface area (Å²) in [4.78, 5) is 28.1. The fourth-order valence-corrected chi connectivity index (χ4v) is 3.97. The van der Waals surface area contributed by atoms with Crippen molar-refractivity contribution in [1.82, 2.24) is 10.1 Å². The Balaban J connectivity index is 1.35. The lowest BCUT2D eigenvalue weighted by Gasteiger charge is -2.02. The zero-order valence-electron chi connectivity index (χ0n) is 16.6. The van der Waals surface area contributed by atoms with E-state index in [1.54, 1.807) is 18.4 Å². The summed E-state index contributed by atoms with van der Waals surface area (Å²) in [7, 11) is 0. The third kappa shape index (κ3) is 4.68. The number of anilines is 1. The average molecular weight is 427 g/mol. The normalized spacial score (nSPS) is 14.8. The Labute approximate surface area is 177 Å². The minimum Gasteiger partial charge on any atom is -0.490 e. The number of aromatic nitrogens is 2. The van der Waals surface area contributed by atoms with E-state index in [0.717, 1.165) is 23.3 Å². The minimum absolute atomic E-state index is 0.0569. The van der Waals surface area contributed by atoms with Crippen LogP contribution in [-0.4, -0.2) is 34.7 Å². The number of hydrogen-bond donors (Lipinski definition) is 1. The zero-order chi connectivity index (χ0) is 21.1. The molecule has 0 bridgehead atoms. The largest absolute Gasteiger partial charge is 0.490 e. The number of benzene rings is 1. The van der Waals surface area contributed by atoms with Gasteiger partial charge in [-0.2, -0.15) is 0 Å². The molecule has 0 aliphatic carbocycles. The predicted molar refractivity (Wildman–Crippen MR) is 111 cm³/mol.